The Morgan fingerprint density at radius 3 is 2.57 bits per heavy atom. The fraction of sp³-hybridized carbons (Fsp3) is 0.182. The van der Waals surface area contributed by atoms with Crippen LogP contribution in [-0.2, 0) is 19.6 Å². The first-order valence-electron chi connectivity index (χ1n) is 5.40. The lowest BCUT2D eigenvalue weighted by Gasteiger charge is -2.13. The topological polar surface area (TPSA) is 150 Å². The largest absolute Gasteiger partial charge is 0.480 e. The van der Waals surface area contributed by atoms with Gasteiger partial charge in [-0.25, -0.2) is 12.8 Å². The van der Waals surface area contributed by atoms with Crippen LogP contribution >= 0.6 is 0 Å². The first kappa shape index (κ1) is 16.5. The molecule has 0 bridgehead atoms. The molecule has 21 heavy (non-hydrogen) atoms. The Morgan fingerprint density at radius 2 is 2.10 bits per heavy atom. The van der Waals surface area contributed by atoms with Gasteiger partial charge in [0.2, 0.25) is 15.9 Å². The number of halogens is 1. The third kappa shape index (κ3) is 4.23. The zero-order valence-corrected chi connectivity index (χ0v) is 11.2. The summed E-state index contributed by atoms with van der Waals surface area (Å²) in [7, 11) is -4.36. The molecule has 0 heterocycles. The summed E-state index contributed by atoms with van der Waals surface area (Å²) in [5, 5.41) is 17.5. The number of hydrogen-bond donors (Lipinski definition) is 3. The molecule has 0 fully saturated rings. The van der Waals surface area contributed by atoms with Crippen LogP contribution in [-0.4, -0.2) is 31.4 Å². The second-order valence-electron chi connectivity index (χ2n) is 3.94. The number of carboxylic acids is 1. The number of rotatable bonds is 6. The van der Waals surface area contributed by atoms with Gasteiger partial charge in [0.15, 0.2) is 0 Å². The van der Waals surface area contributed by atoms with E-state index in [4.69, 9.17) is 16.1 Å². The molecule has 0 aromatic heterocycles. The van der Waals surface area contributed by atoms with E-state index < -0.39 is 50.6 Å². The van der Waals surface area contributed by atoms with E-state index in [2.05, 4.69) is 0 Å². The van der Waals surface area contributed by atoms with Crippen molar-refractivity contribution in [3.8, 4) is 6.07 Å². The van der Waals surface area contributed by atoms with Crippen molar-refractivity contribution < 1.29 is 27.5 Å². The van der Waals surface area contributed by atoms with Gasteiger partial charge in [0.05, 0.1) is 16.9 Å². The first-order valence-corrected chi connectivity index (χ1v) is 6.89. The third-order valence-electron chi connectivity index (χ3n) is 2.37. The monoisotopic (exact) mass is 315 g/mol. The van der Waals surface area contributed by atoms with E-state index in [-0.39, 0.29) is 0 Å². The third-order valence-corrected chi connectivity index (χ3v) is 3.84. The normalized spacial score (nSPS) is 12.4. The maximum atomic E-state index is 13.1. The van der Waals surface area contributed by atoms with Gasteiger partial charge >= 0.3 is 5.97 Å². The number of carbonyl (C=O) groups excluding carboxylic acids is 1. The number of nitrogens with one attached hydrogen (secondary N) is 1. The highest BCUT2D eigenvalue weighted by Gasteiger charge is 2.27. The van der Waals surface area contributed by atoms with Crippen molar-refractivity contribution in [2.24, 2.45) is 5.73 Å². The Balaban J connectivity index is 3.13. The smallest absolute Gasteiger partial charge is 0.322 e. The van der Waals surface area contributed by atoms with Crippen molar-refractivity contribution >= 4 is 21.9 Å². The summed E-state index contributed by atoms with van der Waals surface area (Å²) in [6.45, 7) is 0. The molecule has 1 amide bonds. The quantitative estimate of drug-likeness (QED) is 0.632. The highest BCUT2D eigenvalue weighted by atomic mass is 32.2. The average Bonchev–Trinajstić information content (AvgIpc) is 2.37. The number of aliphatic carboxylic acids is 1. The maximum absolute atomic E-state index is 13.1. The van der Waals surface area contributed by atoms with E-state index in [1.165, 1.54) is 6.07 Å². The predicted octanol–water partition coefficient (Wildman–Crippen LogP) is -0.696. The molecule has 0 spiro atoms. The molecular weight excluding hydrogens is 305 g/mol. The number of hydrogen-bond acceptors (Lipinski definition) is 5. The molecule has 0 saturated heterocycles. The minimum Gasteiger partial charge on any atom is -0.480 e. The fourth-order valence-corrected chi connectivity index (χ4v) is 2.61. The number of carbonyl (C=O) groups is 2. The fourth-order valence-electron chi connectivity index (χ4n) is 1.39. The average molecular weight is 315 g/mol. The summed E-state index contributed by atoms with van der Waals surface area (Å²) in [4.78, 5) is 21.1. The highest BCUT2D eigenvalue weighted by Crippen LogP contribution is 2.15. The molecule has 0 unspecified atom stereocenters. The highest BCUT2D eigenvalue weighted by molar-refractivity contribution is 7.89. The number of nitrogens with zero attached hydrogens (tertiary/aromatic N) is 1. The van der Waals surface area contributed by atoms with Gasteiger partial charge in [-0.05, 0) is 18.2 Å². The van der Waals surface area contributed by atoms with Crippen LogP contribution in [0.15, 0.2) is 23.1 Å². The first-order chi connectivity index (χ1) is 9.67. The molecule has 10 heteroatoms. The summed E-state index contributed by atoms with van der Waals surface area (Å²) in [5.41, 5.74) is 4.31. The lowest BCUT2D eigenvalue weighted by Crippen LogP contribution is -2.43. The second-order valence-corrected chi connectivity index (χ2v) is 5.65. The molecular formula is C11H10FN3O5S. The Morgan fingerprint density at radius 1 is 1.48 bits per heavy atom. The van der Waals surface area contributed by atoms with Gasteiger partial charge in [0.1, 0.15) is 17.9 Å². The van der Waals surface area contributed by atoms with Crippen LogP contribution < -0.4 is 10.5 Å². The number of benzene rings is 1. The minimum absolute atomic E-state index is 0.504. The summed E-state index contributed by atoms with van der Waals surface area (Å²) < 4.78 is 38.8. The molecule has 0 aliphatic rings. The van der Waals surface area contributed by atoms with Gasteiger partial charge < -0.3 is 10.8 Å². The summed E-state index contributed by atoms with van der Waals surface area (Å²) in [6, 6.07) is 2.07. The van der Waals surface area contributed by atoms with Crippen molar-refractivity contribution in [3.05, 3.63) is 29.6 Å². The standard InChI is InChI=1S/C11H10FN3O5S/c12-8-2-1-7(3-6(8)5-13)21(19,20)15-9(11(17)18)4-10(14)16/h1-3,9,15H,4H2,(H2,14,16)(H,17,18)/t9-/m0/s1. The lowest BCUT2D eigenvalue weighted by molar-refractivity contribution is -0.140. The molecule has 8 nitrogen and oxygen atoms in total. The van der Waals surface area contributed by atoms with E-state index in [9.17, 15) is 22.4 Å². The Bertz CT molecular complexity index is 726. The van der Waals surface area contributed by atoms with Gasteiger partial charge in [0, 0.05) is 0 Å². The summed E-state index contributed by atoms with van der Waals surface area (Å²) >= 11 is 0. The zero-order valence-electron chi connectivity index (χ0n) is 10.4. The van der Waals surface area contributed by atoms with Crippen LogP contribution in [0.25, 0.3) is 0 Å². The molecule has 112 valence electrons. The van der Waals surface area contributed by atoms with Crippen molar-refractivity contribution in [1.82, 2.24) is 4.72 Å². The van der Waals surface area contributed by atoms with E-state index in [1.807, 2.05) is 0 Å². The van der Waals surface area contributed by atoms with E-state index in [0.29, 0.717) is 0 Å². The number of nitrogens with two attached hydrogens (primary N) is 1. The maximum Gasteiger partial charge on any atom is 0.322 e. The van der Waals surface area contributed by atoms with Gasteiger partial charge in [0.25, 0.3) is 0 Å². The van der Waals surface area contributed by atoms with Crippen molar-refractivity contribution in [3.63, 3.8) is 0 Å². The van der Waals surface area contributed by atoms with Crippen LogP contribution in [0, 0.1) is 17.1 Å². The SMILES string of the molecule is N#Cc1cc(S(=O)(=O)N[C@@H](CC(N)=O)C(=O)O)ccc1F. The van der Waals surface area contributed by atoms with Gasteiger partial charge in [-0.15, -0.1) is 0 Å². The van der Waals surface area contributed by atoms with E-state index in [1.54, 1.807) is 4.72 Å². The molecule has 1 rings (SSSR count). The molecule has 1 aromatic rings. The molecule has 0 aliphatic carbocycles. The van der Waals surface area contributed by atoms with Crippen LogP contribution in [0.5, 0.6) is 0 Å². The summed E-state index contributed by atoms with van der Waals surface area (Å²) in [6.07, 6.45) is -0.749. The Kier molecular flexibility index (Phi) is 4.96. The predicted molar refractivity (Wildman–Crippen MR) is 66.7 cm³/mol. The number of nitriles is 1. The van der Waals surface area contributed by atoms with Crippen LogP contribution in [0.2, 0.25) is 0 Å². The molecule has 1 atom stereocenters. The molecule has 0 radical (unpaired) electrons. The Hall–Kier alpha value is -2.51. The number of amides is 1. The van der Waals surface area contributed by atoms with E-state index in [0.717, 1.165) is 18.2 Å². The van der Waals surface area contributed by atoms with Crippen LogP contribution in [0.4, 0.5) is 4.39 Å². The van der Waals surface area contributed by atoms with Crippen molar-refractivity contribution in [2.75, 3.05) is 0 Å². The van der Waals surface area contributed by atoms with Crippen molar-refractivity contribution in [2.45, 2.75) is 17.4 Å². The molecule has 1 aromatic carbocycles. The molecule has 0 saturated carbocycles. The number of primary amides is 1. The minimum atomic E-state index is -4.36. The number of sulfonamides is 1. The van der Waals surface area contributed by atoms with Crippen molar-refractivity contribution in [1.29, 1.82) is 5.26 Å². The lowest BCUT2D eigenvalue weighted by atomic mass is 10.2. The summed E-state index contributed by atoms with van der Waals surface area (Å²) in [5.74, 6) is -3.52. The number of carboxylic acid groups (broad SMARTS) is 1. The second kappa shape index (κ2) is 6.29. The zero-order chi connectivity index (χ0) is 16.2. The van der Waals surface area contributed by atoms with Crippen LogP contribution in [0.1, 0.15) is 12.0 Å². The van der Waals surface area contributed by atoms with E-state index >= 15 is 0 Å². The Labute approximate surface area is 119 Å². The molecule has 4 N–H and O–H groups in total. The van der Waals surface area contributed by atoms with Crippen LogP contribution in [0.3, 0.4) is 0 Å². The van der Waals surface area contributed by atoms with Gasteiger partial charge in [-0.1, -0.05) is 0 Å². The van der Waals surface area contributed by atoms with Gasteiger partial charge in [-0.3, -0.25) is 9.59 Å². The molecule has 0 aliphatic heterocycles. The van der Waals surface area contributed by atoms with Gasteiger partial charge in [-0.2, -0.15) is 9.98 Å².